The highest BCUT2D eigenvalue weighted by Gasteiger charge is 2.34. The number of hydrogen-bond donors (Lipinski definition) is 0. The maximum Gasteiger partial charge on any atom is 0.261 e. The van der Waals surface area contributed by atoms with Crippen LogP contribution in [0.3, 0.4) is 0 Å². The lowest BCUT2D eigenvalue weighted by atomic mass is 10.1. The van der Waals surface area contributed by atoms with Crippen molar-refractivity contribution < 1.29 is 9.59 Å². The Hall–Kier alpha value is -3.80. The van der Waals surface area contributed by atoms with Gasteiger partial charge in [-0.05, 0) is 18.2 Å². The number of aromatic nitrogens is 3. The van der Waals surface area contributed by atoms with E-state index in [0.717, 1.165) is 22.2 Å². The average Bonchev–Trinajstić information content (AvgIpc) is 3.23. The molecule has 0 radical (unpaired) electrons. The largest absolute Gasteiger partial charge is 0.272 e. The molecule has 136 valence electrons. The topological polar surface area (TPSA) is 68.1 Å². The molecule has 0 saturated heterocycles. The molecule has 0 bridgehead atoms. The first-order valence-corrected chi connectivity index (χ1v) is 9.05. The smallest absolute Gasteiger partial charge is 0.261 e. The van der Waals surface area contributed by atoms with Gasteiger partial charge >= 0.3 is 0 Å². The quantitative estimate of drug-likeness (QED) is 0.518. The molecule has 0 unspecified atom stereocenters. The van der Waals surface area contributed by atoms with E-state index in [2.05, 4.69) is 4.98 Å². The van der Waals surface area contributed by atoms with Crippen molar-refractivity contribution in [3.05, 3.63) is 84.2 Å². The number of hydrogen-bond acceptors (Lipinski definition) is 4. The molecule has 28 heavy (non-hydrogen) atoms. The van der Waals surface area contributed by atoms with Crippen molar-refractivity contribution in [2.24, 2.45) is 0 Å². The van der Waals surface area contributed by atoms with Crippen LogP contribution in [0.1, 0.15) is 20.7 Å². The number of benzene rings is 2. The molecule has 1 aliphatic heterocycles. The van der Waals surface area contributed by atoms with Crippen molar-refractivity contribution >= 4 is 22.7 Å². The zero-order valence-electron chi connectivity index (χ0n) is 14.9. The summed E-state index contributed by atoms with van der Waals surface area (Å²) in [6.07, 6.45) is 3.51. The monoisotopic (exact) mass is 368 g/mol. The maximum absolute atomic E-state index is 12.6. The molecule has 2 aromatic heterocycles. The highest BCUT2D eigenvalue weighted by atomic mass is 16.2. The van der Waals surface area contributed by atoms with Crippen LogP contribution in [0.25, 0.3) is 22.2 Å². The number of fused-ring (bicyclic) bond motifs is 2. The fraction of sp³-hybridized carbons (Fsp3) is 0.0909. The summed E-state index contributed by atoms with van der Waals surface area (Å²) < 4.78 is 1.84. The molecule has 3 heterocycles. The lowest BCUT2D eigenvalue weighted by Crippen LogP contribution is -2.33. The number of pyridine rings is 1. The molecule has 1 aliphatic rings. The Morgan fingerprint density at radius 3 is 2.18 bits per heavy atom. The Morgan fingerprint density at radius 1 is 0.786 bits per heavy atom. The summed E-state index contributed by atoms with van der Waals surface area (Å²) in [4.78, 5) is 30.7. The Balaban J connectivity index is 1.47. The molecular formula is C22H16N4O2. The number of nitrogens with zero attached hydrogens (tertiary/aromatic N) is 4. The zero-order chi connectivity index (χ0) is 19.1. The lowest BCUT2D eigenvalue weighted by molar-refractivity contribution is 0.0648. The van der Waals surface area contributed by atoms with Crippen molar-refractivity contribution in [1.29, 1.82) is 0 Å². The summed E-state index contributed by atoms with van der Waals surface area (Å²) >= 11 is 0. The minimum Gasteiger partial charge on any atom is -0.272 e. The van der Waals surface area contributed by atoms with E-state index >= 15 is 0 Å². The molecule has 6 heteroatoms. The third-order valence-electron chi connectivity index (χ3n) is 5.01. The molecule has 5 rings (SSSR count). The van der Waals surface area contributed by atoms with Gasteiger partial charge in [0.1, 0.15) is 5.69 Å². The van der Waals surface area contributed by atoms with Gasteiger partial charge in [0.05, 0.1) is 23.2 Å². The van der Waals surface area contributed by atoms with Gasteiger partial charge in [-0.25, -0.2) is 0 Å². The number of carbonyl (C=O) groups excluding carboxylic acids is 2. The van der Waals surface area contributed by atoms with E-state index < -0.39 is 0 Å². The predicted octanol–water partition coefficient (Wildman–Crippen LogP) is 3.39. The van der Waals surface area contributed by atoms with Crippen LogP contribution in [0.2, 0.25) is 0 Å². The molecule has 6 nitrogen and oxygen atoms in total. The third kappa shape index (κ3) is 2.50. The fourth-order valence-corrected chi connectivity index (χ4v) is 3.64. The Kier molecular flexibility index (Phi) is 3.76. The second kappa shape index (κ2) is 6.42. The second-order valence-corrected chi connectivity index (χ2v) is 6.64. The van der Waals surface area contributed by atoms with E-state index in [0.29, 0.717) is 17.7 Å². The summed E-state index contributed by atoms with van der Waals surface area (Å²) in [5, 5.41) is 5.69. The number of rotatable bonds is 4. The lowest BCUT2D eigenvalue weighted by Gasteiger charge is -2.14. The fourth-order valence-electron chi connectivity index (χ4n) is 3.64. The van der Waals surface area contributed by atoms with Gasteiger partial charge < -0.3 is 0 Å². The second-order valence-electron chi connectivity index (χ2n) is 6.64. The predicted molar refractivity (Wildman–Crippen MR) is 105 cm³/mol. The summed E-state index contributed by atoms with van der Waals surface area (Å²) in [5.74, 6) is -0.496. The van der Waals surface area contributed by atoms with E-state index in [-0.39, 0.29) is 18.4 Å². The van der Waals surface area contributed by atoms with Gasteiger partial charge in [-0.15, -0.1) is 0 Å². The molecule has 0 N–H and O–H groups in total. The normalized spacial score (nSPS) is 13.4. The summed E-state index contributed by atoms with van der Waals surface area (Å²) in [6.45, 7) is 0.679. The van der Waals surface area contributed by atoms with Crippen LogP contribution in [0.15, 0.2) is 73.1 Å². The Morgan fingerprint density at radius 2 is 1.46 bits per heavy atom. The zero-order valence-corrected chi connectivity index (χ0v) is 14.9. The van der Waals surface area contributed by atoms with Crippen molar-refractivity contribution in [3.8, 4) is 11.3 Å². The van der Waals surface area contributed by atoms with Crippen molar-refractivity contribution in [1.82, 2.24) is 19.7 Å². The van der Waals surface area contributed by atoms with Crippen LogP contribution in [0.5, 0.6) is 0 Å². The number of amides is 2. The van der Waals surface area contributed by atoms with Gasteiger partial charge in [-0.1, -0.05) is 42.5 Å². The van der Waals surface area contributed by atoms with Crippen LogP contribution >= 0.6 is 0 Å². The minimum atomic E-state index is -0.248. The van der Waals surface area contributed by atoms with E-state index in [1.54, 1.807) is 36.7 Å². The Labute approximate surface area is 161 Å². The standard InChI is InChI=1S/C22H16N4O2/c27-21-16-8-4-5-9-17(16)22(28)25(21)12-13-26-19-10-11-23-14-18(19)20(24-26)15-6-2-1-3-7-15/h1-11,14H,12-13H2. The van der Waals surface area contributed by atoms with Crippen molar-refractivity contribution in [2.75, 3.05) is 6.54 Å². The van der Waals surface area contributed by atoms with Gasteiger partial charge in [0, 0.05) is 29.9 Å². The molecule has 2 amide bonds. The maximum atomic E-state index is 12.6. The van der Waals surface area contributed by atoms with Crippen LogP contribution in [0.4, 0.5) is 0 Å². The molecule has 2 aromatic carbocycles. The average molecular weight is 368 g/mol. The molecule has 0 atom stereocenters. The summed E-state index contributed by atoms with van der Waals surface area (Å²) in [7, 11) is 0. The van der Waals surface area contributed by atoms with Gasteiger partial charge in [0.25, 0.3) is 11.8 Å². The van der Waals surface area contributed by atoms with Crippen molar-refractivity contribution in [2.45, 2.75) is 6.54 Å². The van der Waals surface area contributed by atoms with E-state index in [9.17, 15) is 9.59 Å². The van der Waals surface area contributed by atoms with Crippen LogP contribution in [-0.4, -0.2) is 38.0 Å². The minimum absolute atomic E-state index is 0.248. The molecule has 0 fully saturated rings. The number of carbonyl (C=O) groups is 2. The number of imide groups is 1. The van der Waals surface area contributed by atoms with Crippen LogP contribution in [0, 0.1) is 0 Å². The molecule has 0 saturated carbocycles. The molecule has 4 aromatic rings. The first-order valence-electron chi connectivity index (χ1n) is 9.05. The molecule has 0 spiro atoms. The first-order chi connectivity index (χ1) is 13.7. The van der Waals surface area contributed by atoms with Gasteiger partial charge in [0.2, 0.25) is 0 Å². The van der Waals surface area contributed by atoms with Gasteiger partial charge in [0.15, 0.2) is 0 Å². The highest BCUT2D eigenvalue weighted by molar-refractivity contribution is 6.21. The van der Waals surface area contributed by atoms with Gasteiger partial charge in [-0.3, -0.25) is 24.2 Å². The first kappa shape index (κ1) is 16.4. The summed E-state index contributed by atoms with van der Waals surface area (Å²) in [5.41, 5.74) is 3.69. The van der Waals surface area contributed by atoms with E-state index in [1.807, 2.05) is 41.1 Å². The van der Waals surface area contributed by atoms with E-state index in [4.69, 9.17) is 5.10 Å². The van der Waals surface area contributed by atoms with Crippen LogP contribution < -0.4 is 0 Å². The van der Waals surface area contributed by atoms with Crippen molar-refractivity contribution in [3.63, 3.8) is 0 Å². The summed E-state index contributed by atoms with van der Waals surface area (Å²) in [6, 6.07) is 18.7. The highest BCUT2D eigenvalue weighted by Crippen LogP contribution is 2.27. The molecular weight excluding hydrogens is 352 g/mol. The van der Waals surface area contributed by atoms with E-state index in [1.165, 1.54) is 4.90 Å². The third-order valence-corrected chi connectivity index (χ3v) is 5.01. The SMILES string of the molecule is O=C1c2ccccc2C(=O)N1CCn1nc(-c2ccccc2)c2cnccc21. The van der Waals surface area contributed by atoms with Gasteiger partial charge in [-0.2, -0.15) is 5.10 Å². The molecule has 0 aliphatic carbocycles. The van der Waals surface area contributed by atoms with Crippen LogP contribution in [-0.2, 0) is 6.54 Å². The Bertz CT molecular complexity index is 1180.